The van der Waals surface area contributed by atoms with E-state index in [1.807, 2.05) is 29.2 Å². The van der Waals surface area contributed by atoms with Gasteiger partial charge in [0.05, 0.1) is 0 Å². The monoisotopic (exact) mass is 317 g/mol. The minimum Gasteiger partial charge on any atom is -0.338 e. The zero-order valence-electron chi connectivity index (χ0n) is 13.9. The molecule has 3 amide bonds. The lowest BCUT2D eigenvalue weighted by atomic mass is 10.1. The summed E-state index contributed by atoms with van der Waals surface area (Å²) < 4.78 is 0. The molecule has 0 bridgehead atoms. The molecule has 1 fully saturated rings. The molecule has 0 radical (unpaired) electrons. The number of nitrogens with zero attached hydrogens (tertiary/aromatic N) is 1. The molecular formula is C18H27N3O2. The van der Waals surface area contributed by atoms with Gasteiger partial charge in [-0.05, 0) is 37.0 Å². The Labute approximate surface area is 138 Å². The fourth-order valence-corrected chi connectivity index (χ4v) is 2.75. The number of rotatable bonds is 7. The van der Waals surface area contributed by atoms with Gasteiger partial charge in [-0.3, -0.25) is 4.79 Å². The Morgan fingerprint density at radius 1 is 1.26 bits per heavy atom. The average molecular weight is 317 g/mol. The van der Waals surface area contributed by atoms with Crippen LogP contribution in [0.4, 0.5) is 10.5 Å². The standard InChI is InChI=1S/C18H27N3O2/c1-2-3-5-11-19-18(23)20-16-9-7-8-15(13-16)14-21-12-6-4-10-17(21)22/h7-9,13H,2-6,10-12,14H2,1H3,(H2,19,20,23). The van der Waals surface area contributed by atoms with Crippen LogP contribution in [0.25, 0.3) is 0 Å². The zero-order chi connectivity index (χ0) is 16.5. The molecule has 0 aliphatic carbocycles. The molecule has 1 aromatic carbocycles. The number of nitrogens with one attached hydrogen (secondary N) is 2. The second-order valence-corrected chi connectivity index (χ2v) is 6.06. The first-order valence-corrected chi connectivity index (χ1v) is 8.60. The van der Waals surface area contributed by atoms with Crippen LogP contribution < -0.4 is 10.6 Å². The SMILES string of the molecule is CCCCCNC(=O)Nc1cccc(CN2CCCCC2=O)c1. The Balaban J connectivity index is 1.84. The van der Waals surface area contributed by atoms with E-state index in [1.165, 1.54) is 0 Å². The van der Waals surface area contributed by atoms with E-state index in [1.54, 1.807) is 0 Å². The van der Waals surface area contributed by atoms with Crippen molar-refractivity contribution in [1.82, 2.24) is 10.2 Å². The maximum absolute atomic E-state index is 11.9. The number of hydrogen-bond donors (Lipinski definition) is 2. The van der Waals surface area contributed by atoms with Gasteiger partial charge < -0.3 is 15.5 Å². The van der Waals surface area contributed by atoms with Crippen LogP contribution in [0, 0.1) is 0 Å². The summed E-state index contributed by atoms with van der Waals surface area (Å²) >= 11 is 0. The molecule has 1 saturated heterocycles. The van der Waals surface area contributed by atoms with Crippen molar-refractivity contribution < 1.29 is 9.59 Å². The fraction of sp³-hybridized carbons (Fsp3) is 0.556. The summed E-state index contributed by atoms with van der Waals surface area (Å²) in [7, 11) is 0. The van der Waals surface area contributed by atoms with Gasteiger partial charge in [0.2, 0.25) is 5.91 Å². The molecule has 0 spiro atoms. The molecule has 0 unspecified atom stereocenters. The third-order valence-corrected chi connectivity index (χ3v) is 4.05. The molecule has 0 aromatic heterocycles. The molecule has 0 saturated carbocycles. The van der Waals surface area contributed by atoms with Crippen LogP contribution in [0.3, 0.4) is 0 Å². The zero-order valence-corrected chi connectivity index (χ0v) is 13.9. The smallest absolute Gasteiger partial charge is 0.319 e. The molecule has 23 heavy (non-hydrogen) atoms. The lowest BCUT2D eigenvalue weighted by Gasteiger charge is -2.26. The minimum atomic E-state index is -0.174. The number of hydrogen-bond acceptors (Lipinski definition) is 2. The first kappa shape index (κ1) is 17.3. The molecule has 1 aromatic rings. The molecule has 1 aliphatic rings. The molecule has 126 valence electrons. The summed E-state index contributed by atoms with van der Waals surface area (Å²) in [6.07, 6.45) is 5.98. The lowest BCUT2D eigenvalue weighted by molar-refractivity contribution is -0.133. The van der Waals surface area contributed by atoms with Crippen LogP contribution in [-0.2, 0) is 11.3 Å². The van der Waals surface area contributed by atoms with Crippen LogP contribution >= 0.6 is 0 Å². The molecule has 5 heteroatoms. The number of unbranched alkanes of at least 4 members (excludes halogenated alkanes) is 2. The number of urea groups is 1. The van der Waals surface area contributed by atoms with Crippen LogP contribution in [0.15, 0.2) is 24.3 Å². The topological polar surface area (TPSA) is 61.4 Å². The van der Waals surface area contributed by atoms with Gasteiger partial charge in [-0.1, -0.05) is 31.9 Å². The van der Waals surface area contributed by atoms with Gasteiger partial charge in [0.25, 0.3) is 0 Å². The highest BCUT2D eigenvalue weighted by molar-refractivity contribution is 5.89. The van der Waals surface area contributed by atoms with Crippen LogP contribution in [0.5, 0.6) is 0 Å². The highest BCUT2D eigenvalue weighted by Gasteiger charge is 2.18. The summed E-state index contributed by atoms with van der Waals surface area (Å²) in [6.45, 7) is 4.28. The van der Waals surface area contributed by atoms with Gasteiger partial charge in [-0.2, -0.15) is 0 Å². The molecule has 2 N–H and O–H groups in total. The van der Waals surface area contributed by atoms with E-state index in [0.717, 1.165) is 49.9 Å². The first-order chi connectivity index (χ1) is 11.2. The number of anilines is 1. The second-order valence-electron chi connectivity index (χ2n) is 6.06. The van der Waals surface area contributed by atoms with E-state index < -0.39 is 0 Å². The van der Waals surface area contributed by atoms with Crippen LogP contribution in [-0.4, -0.2) is 29.9 Å². The third kappa shape index (κ3) is 5.93. The van der Waals surface area contributed by atoms with Crippen LogP contribution in [0.1, 0.15) is 51.0 Å². The quantitative estimate of drug-likeness (QED) is 0.756. The van der Waals surface area contributed by atoms with Crippen LogP contribution in [0.2, 0.25) is 0 Å². The summed E-state index contributed by atoms with van der Waals surface area (Å²) in [5.74, 6) is 0.225. The number of piperidine rings is 1. The van der Waals surface area contributed by atoms with E-state index in [0.29, 0.717) is 19.5 Å². The predicted molar refractivity (Wildman–Crippen MR) is 92.3 cm³/mol. The molecule has 1 heterocycles. The summed E-state index contributed by atoms with van der Waals surface area (Å²) in [5.41, 5.74) is 1.81. The molecular weight excluding hydrogens is 290 g/mol. The van der Waals surface area contributed by atoms with Crippen molar-refractivity contribution in [3.63, 3.8) is 0 Å². The van der Waals surface area contributed by atoms with Gasteiger partial charge in [0.15, 0.2) is 0 Å². The van der Waals surface area contributed by atoms with Gasteiger partial charge in [-0.15, -0.1) is 0 Å². The van der Waals surface area contributed by atoms with Crippen molar-refractivity contribution in [2.75, 3.05) is 18.4 Å². The van der Waals surface area contributed by atoms with Gasteiger partial charge in [0.1, 0.15) is 0 Å². The Morgan fingerprint density at radius 2 is 2.13 bits per heavy atom. The Hall–Kier alpha value is -2.04. The van der Waals surface area contributed by atoms with Gasteiger partial charge in [-0.25, -0.2) is 4.79 Å². The van der Waals surface area contributed by atoms with Crippen molar-refractivity contribution in [1.29, 1.82) is 0 Å². The second kappa shape index (κ2) is 9.18. The van der Waals surface area contributed by atoms with E-state index in [2.05, 4.69) is 17.6 Å². The van der Waals surface area contributed by atoms with E-state index >= 15 is 0 Å². The predicted octanol–water partition coefficient (Wildman–Crippen LogP) is 3.51. The highest BCUT2D eigenvalue weighted by Crippen LogP contribution is 2.17. The van der Waals surface area contributed by atoms with Crippen molar-refractivity contribution in [3.8, 4) is 0 Å². The number of carbonyl (C=O) groups excluding carboxylic acids is 2. The number of carbonyl (C=O) groups is 2. The number of likely N-dealkylation sites (tertiary alicyclic amines) is 1. The maximum Gasteiger partial charge on any atom is 0.319 e. The minimum absolute atomic E-state index is 0.174. The van der Waals surface area contributed by atoms with Crippen molar-refractivity contribution in [2.24, 2.45) is 0 Å². The van der Waals surface area contributed by atoms with Gasteiger partial charge >= 0.3 is 6.03 Å². The third-order valence-electron chi connectivity index (χ3n) is 4.05. The Bertz CT molecular complexity index is 531. The van der Waals surface area contributed by atoms with E-state index in [-0.39, 0.29) is 11.9 Å². The summed E-state index contributed by atoms with van der Waals surface area (Å²) in [6, 6.07) is 7.54. The van der Waals surface area contributed by atoms with E-state index in [9.17, 15) is 9.59 Å². The molecule has 5 nitrogen and oxygen atoms in total. The lowest BCUT2D eigenvalue weighted by Crippen LogP contribution is -2.34. The Kier molecular flexibility index (Phi) is 6.91. The normalized spacial score (nSPS) is 14.7. The largest absolute Gasteiger partial charge is 0.338 e. The first-order valence-electron chi connectivity index (χ1n) is 8.60. The highest BCUT2D eigenvalue weighted by atomic mass is 16.2. The fourth-order valence-electron chi connectivity index (χ4n) is 2.75. The van der Waals surface area contributed by atoms with Crippen molar-refractivity contribution >= 4 is 17.6 Å². The van der Waals surface area contributed by atoms with Crippen molar-refractivity contribution in [2.45, 2.75) is 52.0 Å². The van der Waals surface area contributed by atoms with Gasteiger partial charge in [0, 0.05) is 31.7 Å². The molecule has 1 aliphatic heterocycles. The molecule has 2 rings (SSSR count). The molecule has 0 atom stereocenters. The van der Waals surface area contributed by atoms with E-state index in [4.69, 9.17) is 0 Å². The number of benzene rings is 1. The summed E-state index contributed by atoms with van der Waals surface area (Å²) in [5, 5.41) is 5.71. The summed E-state index contributed by atoms with van der Waals surface area (Å²) in [4.78, 5) is 25.6. The Morgan fingerprint density at radius 3 is 2.91 bits per heavy atom. The van der Waals surface area contributed by atoms with Crippen molar-refractivity contribution in [3.05, 3.63) is 29.8 Å². The maximum atomic E-state index is 11.9. The average Bonchev–Trinajstić information content (AvgIpc) is 2.54. The number of amides is 3.